The van der Waals surface area contributed by atoms with Crippen LogP contribution in [0.5, 0.6) is 0 Å². The summed E-state index contributed by atoms with van der Waals surface area (Å²) >= 11 is 5.82. The van der Waals surface area contributed by atoms with E-state index in [2.05, 4.69) is 10.5 Å². The molecule has 0 aliphatic rings. The second-order valence-corrected chi connectivity index (χ2v) is 5.64. The summed E-state index contributed by atoms with van der Waals surface area (Å²) in [5.74, 6) is 0.428. The molecule has 19 heavy (non-hydrogen) atoms. The fourth-order valence-corrected chi connectivity index (χ4v) is 1.76. The van der Waals surface area contributed by atoms with Crippen LogP contribution in [0.4, 0.5) is 0 Å². The van der Waals surface area contributed by atoms with Gasteiger partial charge in [-0.15, -0.1) is 11.6 Å². The van der Waals surface area contributed by atoms with Crippen LogP contribution in [-0.4, -0.2) is 23.5 Å². The maximum absolute atomic E-state index is 11.9. The Morgan fingerprint density at radius 3 is 2.89 bits per heavy atom. The van der Waals surface area contributed by atoms with Gasteiger partial charge in [0.05, 0.1) is 6.42 Å². The Labute approximate surface area is 117 Å². The highest BCUT2D eigenvalue weighted by Gasteiger charge is 2.18. The Morgan fingerprint density at radius 2 is 2.16 bits per heavy atom. The molecule has 1 aromatic heterocycles. The van der Waals surface area contributed by atoms with E-state index in [1.54, 1.807) is 0 Å². The molecule has 0 bridgehead atoms. The standard InChI is InChI=1S/C14H17ClN2O2/c1-14(2,8-15)9-16-13(18)7-11-10-5-3-4-6-12(10)19-17-11/h3-6H,7-9H2,1-2H3,(H,16,18). The van der Waals surface area contributed by atoms with Crippen molar-refractivity contribution in [3.05, 3.63) is 30.0 Å². The molecule has 2 aromatic rings. The smallest absolute Gasteiger partial charge is 0.226 e. The zero-order valence-electron chi connectivity index (χ0n) is 11.1. The monoisotopic (exact) mass is 280 g/mol. The highest BCUT2D eigenvalue weighted by molar-refractivity contribution is 6.18. The summed E-state index contributed by atoms with van der Waals surface area (Å²) in [4.78, 5) is 11.9. The average molecular weight is 281 g/mol. The Kier molecular flexibility index (Phi) is 4.10. The van der Waals surface area contributed by atoms with Crippen molar-refractivity contribution < 1.29 is 9.32 Å². The van der Waals surface area contributed by atoms with Gasteiger partial charge in [0.15, 0.2) is 5.58 Å². The number of carbonyl (C=O) groups excluding carboxylic acids is 1. The van der Waals surface area contributed by atoms with E-state index in [1.165, 1.54) is 0 Å². The number of hydrogen-bond acceptors (Lipinski definition) is 3. The van der Waals surface area contributed by atoms with Crippen molar-refractivity contribution in [1.82, 2.24) is 10.5 Å². The molecule has 1 aromatic carbocycles. The summed E-state index contributed by atoms with van der Waals surface area (Å²) in [5.41, 5.74) is 1.26. The van der Waals surface area contributed by atoms with Gasteiger partial charge in [-0.25, -0.2) is 0 Å². The second kappa shape index (κ2) is 5.61. The van der Waals surface area contributed by atoms with Gasteiger partial charge < -0.3 is 9.84 Å². The number of hydrogen-bond donors (Lipinski definition) is 1. The Morgan fingerprint density at radius 1 is 1.42 bits per heavy atom. The molecule has 0 fully saturated rings. The first kappa shape index (κ1) is 13.9. The molecule has 0 saturated heterocycles. The van der Waals surface area contributed by atoms with Gasteiger partial charge in [0.1, 0.15) is 5.69 Å². The minimum Gasteiger partial charge on any atom is -0.356 e. The van der Waals surface area contributed by atoms with E-state index in [-0.39, 0.29) is 17.7 Å². The summed E-state index contributed by atoms with van der Waals surface area (Å²) < 4.78 is 5.17. The van der Waals surface area contributed by atoms with Crippen LogP contribution in [0.2, 0.25) is 0 Å². The van der Waals surface area contributed by atoms with E-state index < -0.39 is 0 Å². The molecule has 0 spiro atoms. The molecule has 0 aliphatic heterocycles. The Hall–Kier alpha value is -1.55. The van der Waals surface area contributed by atoms with Crippen molar-refractivity contribution in [2.45, 2.75) is 20.3 Å². The van der Waals surface area contributed by atoms with E-state index in [9.17, 15) is 4.79 Å². The molecule has 1 amide bonds. The summed E-state index contributed by atoms with van der Waals surface area (Å²) in [7, 11) is 0. The van der Waals surface area contributed by atoms with E-state index in [4.69, 9.17) is 16.1 Å². The molecular weight excluding hydrogens is 264 g/mol. The maximum atomic E-state index is 11.9. The van der Waals surface area contributed by atoms with Gasteiger partial charge in [-0.1, -0.05) is 31.1 Å². The van der Waals surface area contributed by atoms with Gasteiger partial charge in [-0.3, -0.25) is 4.79 Å². The lowest BCUT2D eigenvalue weighted by Crippen LogP contribution is -2.35. The lowest BCUT2D eigenvalue weighted by Gasteiger charge is -2.21. The van der Waals surface area contributed by atoms with Crippen molar-refractivity contribution in [1.29, 1.82) is 0 Å². The minimum absolute atomic E-state index is 0.0720. The van der Waals surface area contributed by atoms with Gasteiger partial charge in [-0.2, -0.15) is 0 Å². The van der Waals surface area contributed by atoms with E-state index in [1.807, 2.05) is 38.1 Å². The van der Waals surface area contributed by atoms with Crippen LogP contribution in [0.25, 0.3) is 11.0 Å². The maximum Gasteiger partial charge on any atom is 0.226 e. The van der Waals surface area contributed by atoms with E-state index >= 15 is 0 Å². The summed E-state index contributed by atoms with van der Waals surface area (Å²) in [6, 6.07) is 7.51. The fraction of sp³-hybridized carbons (Fsp3) is 0.429. The molecule has 0 radical (unpaired) electrons. The number of nitrogens with zero attached hydrogens (tertiary/aromatic N) is 1. The van der Waals surface area contributed by atoms with E-state index in [0.29, 0.717) is 23.7 Å². The lowest BCUT2D eigenvalue weighted by molar-refractivity contribution is -0.120. The number of amides is 1. The van der Waals surface area contributed by atoms with Gasteiger partial charge >= 0.3 is 0 Å². The number of halogens is 1. The molecule has 0 saturated carbocycles. The quantitative estimate of drug-likeness (QED) is 0.857. The topological polar surface area (TPSA) is 55.1 Å². The lowest BCUT2D eigenvalue weighted by atomic mass is 9.96. The zero-order valence-corrected chi connectivity index (χ0v) is 11.8. The SMILES string of the molecule is CC(C)(CCl)CNC(=O)Cc1noc2ccccc12. The number of carbonyl (C=O) groups is 1. The Bertz CT molecular complexity index is 578. The fourth-order valence-electron chi connectivity index (χ4n) is 1.67. The van der Waals surface area contributed by atoms with Crippen LogP contribution in [0.15, 0.2) is 28.8 Å². The molecule has 1 heterocycles. The number of nitrogens with one attached hydrogen (secondary N) is 1. The predicted molar refractivity (Wildman–Crippen MR) is 75.2 cm³/mol. The third-order valence-electron chi connectivity index (χ3n) is 2.91. The molecule has 1 N–H and O–H groups in total. The number of rotatable bonds is 5. The summed E-state index contributed by atoms with van der Waals surface area (Å²) in [5, 5.41) is 7.69. The average Bonchev–Trinajstić information content (AvgIpc) is 2.80. The first-order valence-electron chi connectivity index (χ1n) is 6.18. The third kappa shape index (κ3) is 3.47. The highest BCUT2D eigenvalue weighted by Crippen LogP contribution is 2.18. The number of para-hydroxylation sites is 1. The second-order valence-electron chi connectivity index (χ2n) is 5.38. The minimum atomic E-state index is -0.108. The Balaban J connectivity index is 1.99. The molecule has 2 rings (SSSR count). The van der Waals surface area contributed by atoms with Crippen LogP contribution < -0.4 is 5.32 Å². The number of alkyl halides is 1. The van der Waals surface area contributed by atoms with Crippen molar-refractivity contribution in [2.24, 2.45) is 5.41 Å². The molecule has 0 aliphatic carbocycles. The van der Waals surface area contributed by atoms with Crippen molar-refractivity contribution in [3.63, 3.8) is 0 Å². The molecule has 0 atom stereocenters. The molecule has 0 unspecified atom stereocenters. The molecule has 5 heteroatoms. The first-order chi connectivity index (χ1) is 9.02. The van der Waals surface area contributed by atoms with Gasteiger partial charge in [-0.05, 0) is 17.5 Å². The van der Waals surface area contributed by atoms with Gasteiger partial charge in [0.2, 0.25) is 5.91 Å². The van der Waals surface area contributed by atoms with E-state index in [0.717, 1.165) is 5.39 Å². The van der Waals surface area contributed by atoms with Gasteiger partial charge in [0, 0.05) is 17.8 Å². The zero-order chi connectivity index (χ0) is 13.9. The van der Waals surface area contributed by atoms with Crippen molar-refractivity contribution in [3.8, 4) is 0 Å². The molecular formula is C14H17ClN2O2. The first-order valence-corrected chi connectivity index (χ1v) is 6.71. The van der Waals surface area contributed by atoms with Crippen molar-refractivity contribution in [2.75, 3.05) is 12.4 Å². The highest BCUT2D eigenvalue weighted by atomic mass is 35.5. The normalized spacial score (nSPS) is 11.7. The van der Waals surface area contributed by atoms with Crippen molar-refractivity contribution >= 4 is 28.5 Å². The van der Waals surface area contributed by atoms with Crippen LogP contribution in [-0.2, 0) is 11.2 Å². The number of aromatic nitrogens is 1. The van der Waals surface area contributed by atoms with Crippen LogP contribution in [0.3, 0.4) is 0 Å². The van der Waals surface area contributed by atoms with Crippen LogP contribution in [0.1, 0.15) is 19.5 Å². The van der Waals surface area contributed by atoms with Crippen LogP contribution >= 0.6 is 11.6 Å². The predicted octanol–water partition coefficient (Wildman–Crippen LogP) is 2.75. The molecule has 4 nitrogen and oxygen atoms in total. The van der Waals surface area contributed by atoms with Gasteiger partial charge in [0.25, 0.3) is 0 Å². The van der Waals surface area contributed by atoms with Crippen LogP contribution in [0, 0.1) is 5.41 Å². The largest absolute Gasteiger partial charge is 0.356 e. The number of fused-ring (bicyclic) bond motifs is 1. The third-order valence-corrected chi connectivity index (χ3v) is 3.63. The summed E-state index contributed by atoms with van der Waals surface area (Å²) in [6.07, 6.45) is 0.218. The summed E-state index contributed by atoms with van der Waals surface area (Å²) in [6.45, 7) is 4.56. The molecule has 102 valence electrons. The number of benzene rings is 1.